The van der Waals surface area contributed by atoms with Crippen molar-refractivity contribution in [3.63, 3.8) is 0 Å². The van der Waals surface area contributed by atoms with Gasteiger partial charge in [-0.05, 0) is 42.7 Å². The topological polar surface area (TPSA) is 80.3 Å². The summed E-state index contributed by atoms with van der Waals surface area (Å²) in [5, 5.41) is 20.1. The minimum Gasteiger partial charge on any atom is -0.491 e. The Labute approximate surface area is 186 Å². The van der Waals surface area contributed by atoms with Crippen LogP contribution in [-0.2, 0) is 11.3 Å². The molecule has 1 aliphatic heterocycles. The highest BCUT2D eigenvalue weighted by molar-refractivity contribution is 7.99. The molecule has 2 atom stereocenters. The Balaban J connectivity index is 1.39. The molecule has 1 saturated heterocycles. The number of imidazole rings is 1. The number of aliphatic hydroxyl groups is 1. The highest BCUT2D eigenvalue weighted by Gasteiger charge is 2.21. The molecule has 2 unspecified atom stereocenters. The maximum absolute atomic E-state index is 10.4. The Morgan fingerprint density at radius 3 is 2.74 bits per heavy atom. The maximum atomic E-state index is 10.4. The van der Waals surface area contributed by atoms with E-state index in [1.807, 2.05) is 24.4 Å². The number of ether oxygens (including phenoxy) is 2. The third-order valence-electron chi connectivity index (χ3n) is 5.13. The molecule has 1 aromatic heterocycles. The second kappa shape index (κ2) is 10.5. The molecule has 1 aliphatic rings. The average Bonchev–Trinajstić information content (AvgIpc) is 3.47. The van der Waals surface area contributed by atoms with Crippen molar-refractivity contribution < 1.29 is 14.6 Å². The van der Waals surface area contributed by atoms with Crippen molar-refractivity contribution in [2.45, 2.75) is 36.8 Å². The first-order valence-electron chi connectivity index (χ1n) is 10.4. The summed E-state index contributed by atoms with van der Waals surface area (Å²) in [7, 11) is 0. The second-order valence-electron chi connectivity index (χ2n) is 7.45. The van der Waals surface area contributed by atoms with E-state index in [1.165, 1.54) is 11.8 Å². The second-order valence-corrected chi connectivity index (χ2v) is 8.44. The predicted molar refractivity (Wildman–Crippen MR) is 120 cm³/mol. The van der Waals surface area contributed by atoms with Gasteiger partial charge in [-0.1, -0.05) is 42.1 Å². The van der Waals surface area contributed by atoms with Crippen molar-refractivity contribution in [2.75, 3.05) is 19.0 Å². The summed E-state index contributed by atoms with van der Waals surface area (Å²) < 4.78 is 13.7. The van der Waals surface area contributed by atoms with Crippen LogP contribution in [0, 0.1) is 11.3 Å². The third kappa shape index (κ3) is 5.67. The lowest BCUT2D eigenvalue weighted by atomic mass is 10.1. The number of benzene rings is 2. The van der Waals surface area contributed by atoms with Crippen molar-refractivity contribution in [3.05, 3.63) is 66.4 Å². The van der Waals surface area contributed by atoms with Gasteiger partial charge in [-0.15, -0.1) is 0 Å². The molecular weight excluding hydrogens is 410 g/mol. The molecule has 0 spiro atoms. The fraction of sp³-hybridized carbons (Fsp3) is 0.333. The fourth-order valence-corrected chi connectivity index (χ4v) is 4.41. The van der Waals surface area contributed by atoms with Crippen LogP contribution >= 0.6 is 11.8 Å². The minimum absolute atomic E-state index is 0.177. The summed E-state index contributed by atoms with van der Waals surface area (Å²) in [5.74, 6) is 1.10. The molecule has 3 aromatic rings. The molecule has 0 saturated carbocycles. The van der Waals surface area contributed by atoms with Crippen LogP contribution in [0.3, 0.4) is 0 Å². The number of thioether (sulfide) groups is 1. The lowest BCUT2D eigenvalue weighted by molar-refractivity contribution is 0.0953. The van der Waals surface area contributed by atoms with Gasteiger partial charge in [0.25, 0.3) is 0 Å². The highest BCUT2D eigenvalue weighted by Crippen LogP contribution is 2.28. The summed E-state index contributed by atoms with van der Waals surface area (Å²) in [6.07, 6.45) is 3.59. The number of aliphatic hydroxyl groups excluding tert-OH is 1. The van der Waals surface area contributed by atoms with Crippen molar-refractivity contribution in [1.29, 1.82) is 5.26 Å². The molecule has 0 aliphatic carbocycles. The average molecular weight is 436 g/mol. The van der Waals surface area contributed by atoms with Crippen molar-refractivity contribution in [1.82, 2.24) is 9.55 Å². The quantitative estimate of drug-likeness (QED) is 0.509. The normalized spacial score (nSPS) is 16.7. The Morgan fingerprint density at radius 1 is 1.23 bits per heavy atom. The number of hydrogen-bond acceptors (Lipinski definition) is 6. The van der Waals surface area contributed by atoms with Gasteiger partial charge in [-0.2, -0.15) is 5.26 Å². The SMILES string of the molecule is N#Cc1ccc(OCC(O)CSc2ncc(-c3ccccc3)n2CC2CCCO2)cc1. The van der Waals surface area contributed by atoms with E-state index >= 15 is 0 Å². The van der Waals surface area contributed by atoms with Crippen LogP contribution < -0.4 is 4.74 Å². The van der Waals surface area contributed by atoms with E-state index in [9.17, 15) is 5.11 Å². The molecule has 0 amide bonds. The van der Waals surface area contributed by atoms with Crippen LogP contribution in [0.5, 0.6) is 5.75 Å². The lowest BCUT2D eigenvalue weighted by Gasteiger charge is -2.17. The van der Waals surface area contributed by atoms with E-state index < -0.39 is 6.10 Å². The summed E-state index contributed by atoms with van der Waals surface area (Å²) in [6, 6.07) is 19.2. The number of hydrogen-bond donors (Lipinski definition) is 1. The fourth-order valence-electron chi connectivity index (χ4n) is 3.52. The molecule has 1 fully saturated rings. The van der Waals surface area contributed by atoms with Crippen LogP contribution in [0.15, 0.2) is 66.0 Å². The third-order valence-corrected chi connectivity index (χ3v) is 6.26. The zero-order chi connectivity index (χ0) is 21.5. The first-order chi connectivity index (χ1) is 15.2. The zero-order valence-electron chi connectivity index (χ0n) is 17.2. The smallest absolute Gasteiger partial charge is 0.168 e. The Bertz CT molecular complexity index is 1010. The molecule has 0 bridgehead atoms. The maximum Gasteiger partial charge on any atom is 0.168 e. The highest BCUT2D eigenvalue weighted by atomic mass is 32.2. The summed E-state index contributed by atoms with van der Waals surface area (Å²) in [4.78, 5) is 4.63. The van der Waals surface area contributed by atoms with Crippen molar-refractivity contribution in [2.24, 2.45) is 0 Å². The number of nitrogens with zero attached hydrogens (tertiary/aromatic N) is 3. The van der Waals surface area contributed by atoms with E-state index in [-0.39, 0.29) is 12.7 Å². The number of aromatic nitrogens is 2. The van der Waals surface area contributed by atoms with Gasteiger partial charge in [-0.25, -0.2) is 4.98 Å². The van der Waals surface area contributed by atoms with E-state index in [4.69, 9.17) is 14.7 Å². The molecule has 160 valence electrons. The molecule has 7 heteroatoms. The predicted octanol–water partition coefficient (Wildman–Crippen LogP) is 4.13. The van der Waals surface area contributed by atoms with Crippen LogP contribution in [-0.4, -0.2) is 45.8 Å². The van der Waals surface area contributed by atoms with Gasteiger partial charge in [0.2, 0.25) is 0 Å². The Hall–Kier alpha value is -2.79. The molecule has 31 heavy (non-hydrogen) atoms. The Kier molecular flexibility index (Phi) is 7.26. The van der Waals surface area contributed by atoms with Gasteiger partial charge >= 0.3 is 0 Å². The summed E-state index contributed by atoms with van der Waals surface area (Å²) in [6.45, 7) is 1.75. The van der Waals surface area contributed by atoms with E-state index in [0.717, 1.165) is 42.4 Å². The number of rotatable bonds is 9. The number of nitriles is 1. The zero-order valence-corrected chi connectivity index (χ0v) is 18.0. The molecule has 0 radical (unpaired) electrons. The minimum atomic E-state index is -0.645. The molecule has 4 rings (SSSR count). The molecular formula is C24H25N3O3S. The van der Waals surface area contributed by atoms with Crippen LogP contribution in [0.4, 0.5) is 0 Å². The van der Waals surface area contributed by atoms with Gasteiger partial charge in [0, 0.05) is 12.4 Å². The van der Waals surface area contributed by atoms with Crippen LogP contribution in [0.25, 0.3) is 11.3 Å². The van der Waals surface area contributed by atoms with E-state index in [2.05, 4.69) is 27.8 Å². The van der Waals surface area contributed by atoms with Gasteiger partial charge in [0.1, 0.15) is 12.4 Å². The molecule has 2 heterocycles. The standard InChI is InChI=1S/C24H25N3O3S/c25-13-18-8-10-21(11-9-18)30-16-20(28)17-31-24-26-14-23(19-5-2-1-3-6-19)27(24)15-22-7-4-12-29-22/h1-3,5-6,8-11,14,20,22,28H,4,7,12,15-17H2. The van der Waals surface area contributed by atoms with Crippen LogP contribution in [0.2, 0.25) is 0 Å². The van der Waals surface area contributed by atoms with Crippen LogP contribution in [0.1, 0.15) is 18.4 Å². The molecule has 1 N–H and O–H groups in total. The first-order valence-corrected chi connectivity index (χ1v) is 11.4. The van der Waals surface area contributed by atoms with Gasteiger partial charge in [-0.3, -0.25) is 0 Å². The van der Waals surface area contributed by atoms with Crippen molar-refractivity contribution in [3.8, 4) is 23.1 Å². The summed E-state index contributed by atoms with van der Waals surface area (Å²) >= 11 is 1.52. The molecule has 2 aromatic carbocycles. The molecule has 6 nitrogen and oxygen atoms in total. The van der Waals surface area contributed by atoms with Gasteiger partial charge < -0.3 is 19.1 Å². The largest absolute Gasteiger partial charge is 0.491 e. The first kappa shape index (κ1) is 21.4. The van der Waals surface area contributed by atoms with E-state index in [1.54, 1.807) is 24.3 Å². The monoisotopic (exact) mass is 435 g/mol. The van der Waals surface area contributed by atoms with Crippen molar-refractivity contribution >= 4 is 11.8 Å². The Morgan fingerprint density at radius 2 is 2.03 bits per heavy atom. The lowest BCUT2D eigenvalue weighted by Crippen LogP contribution is -2.21. The van der Waals surface area contributed by atoms with Gasteiger partial charge in [0.15, 0.2) is 5.16 Å². The summed E-state index contributed by atoms with van der Waals surface area (Å²) in [5.41, 5.74) is 2.75. The van der Waals surface area contributed by atoms with Gasteiger partial charge in [0.05, 0.1) is 42.3 Å². The van der Waals surface area contributed by atoms with E-state index in [0.29, 0.717) is 17.1 Å².